The summed E-state index contributed by atoms with van der Waals surface area (Å²) >= 11 is 0. The SMILES string of the molecule is c1ccc(-c2nc(-c3ccc(-c4cccc(-c5cc6oc7cccc8c9ccccc9c(c5)c6c78)c4)cc3)nc(-c3ccc4ccccc4c3)n2)cc1. The van der Waals surface area contributed by atoms with Crippen LogP contribution in [0.15, 0.2) is 180 Å². The van der Waals surface area contributed by atoms with Gasteiger partial charge >= 0.3 is 0 Å². The highest BCUT2D eigenvalue weighted by molar-refractivity contribution is 6.33. The van der Waals surface area contributed by atoms with Crippen molar-refractivity contribution in [2.24, 2.45) is 0 Å². The number of rotatable bonds is 5. The molecule has 246 valence electrons. The van der Waals surface area contributed by atoms with Gasteiger partial charge in [-0.3, -0.25) is 0 Å². The van der Waals surface area contributed by atoms with E-state index in [9.17, 15) is 0 Å². The van der Waals surface area contributed by atoms with E-state index < -0.39 is 0 Å². The van der Waals surface area contributed by atoms with Crippen LogP contribution in [0.25, 0.3) is 111 Å². The fourth-order valence-corrected chi connectivity index (χ4v) is 7.87. The van der Waals surface area contributed by atoms with Gasteiger partial charge in [0.2, 0.25) is 0 Å². The van der Waals surface area contributed by atoms with Crippen LogP contribution in [0.4, 0.5) is 0 Å². The molecule has 0 fully saturated rings. The average molecular weight is 676 g/mol. The number of hydrogen-bond acceptors (Lipinski definition) is 4. The molecule has 0 aliphatic carbocycles. The Morgan fingerprint density at radius 1 is 0.283 bits per heavy atom. The summed E-state index contributed by atoms with van der Waals surface area (Å²) in [5, 5.41) is 9.68. The summed E-state index contributed by atoms with van der Waals surface area (Å²) < 4.78 is 6.49. The summed E-state index contributed by atoms with van der Waals surface area (Å²) in [6.07, 6.45) is 0. The Morgan fingerprint density at radius 3 is 1.62 bits per heavy atom. The molecule has 4 nitrogen and oxygen atoms in total. The van der Waals surface area contributed by atoms with Gasteiger partial charge < -0.3 is 4.42 Å². The third kappa shape index (κ3) is 4.88. The number of furan rings is 1. The fourth-order valence-electron chi connectivity index (χ4n) is 7.87. The number of aromatic nitrogens is 3. The van der Waals surface area contributed by atoms with Crippen molar-refractivity contribution in [3.8, 4) is 56.4 Å². The molecule has 9 aromatic carbocycles. The molecule has 0 aliphatic rings. The fraction of sp³-hybridized carbons (Fsp3) is 0. The Kier molecular flexibility index (Phi) is 6.52. The molecular formula is C49H29N3O. The molecule has 0 aliphatic heterocycles. The molecule has 0 N–H and O–H groups in total. The monoisotopic (exact) mass is 675 g/mol. The highest BCUT2D eigenvalue weighted by atomic mass is 16.3. The molecule has 0 unspecified atom stereocenters. The van der Waals surface area contributed by atoms with Gasteiger partial charge in [-0.15, -0.1) is 0 Å². The van der Waals surface area contributed by atoms with E-state index in [2.05, 4.69) is 146 Å². The van der Waals surface area contributed by atoms with Crippen LogP contribution in [0.1, 0.15) is 0 Å². The molecule has 0 atom stereocenters. The van der Waals surface area contributed by atoms with Crippen molar-refractivity contribution in [2.45, 2.75) is 0 Å². The van der Waals surface area contributed by atoms with E-state index in [0.717, 1.165) is 55.5 Å². The predicted octanol–water partition coefficient (Wildman–Crippen LogP) is 13.0. The van der Waals surface area contributed by atoms with E-state index in [4.69, 9.17) is 19.4 Å². The van der Waals surface area contributed by atoms with Crippen molar-refractivity contribution in [3.63, 3.8) is 0 Å². The molecule has 0 radical (unpaired) electrons. The van der Waals surface area contributed by atoms with Gasteiger partial charge in [-0.1, -0.05) is 146 Å². The van der Waals surface area contributed by atoms with Gasteiger partial charge in [-0.25, -0.2) is 15.0 Å². The lowest BCUT2D eigenvalue weighted by atomic mass is 9.91. The minimum Gasteiger partial charge on any atom is -0.456 e. The van der Waals surface area contributed by atoms with Gasteiger partial charge in [0.15, 0.2) is 17.5 Å². The largest absolute Gasteiger partial charge is 0.456 e. The Morgan fingerprint density at radius 2 is 0.830 bits per heavy atom. The van der Waals surface area contributed by atoms with Crippen molar-refractivity contribution < 1.29 is 4.42 Å². The Labute approximate surface area is 305 Å². The lowest BCUT2D eigenvalue weighted by molar-refractivity contribution is 0.669. The topological polar surface area (TPSA) is 51.8 Å². The lowest BCUT2D eigenvalue weighted by Crippen LogP contribution is -2.00. The van der Waals surface area contributed by atoms with E-state index in [1.807, 2.05) is 30.3 Å². The van der Waals surface area contributed by atoms with Crippen LogP contribution >= 0.6 is 0 Å². The summed E-state index contributed by atoms with van der Waals surface area (Å²) in [6, 6.07) is 61.6. The maximum Gasteiger partial charge on any atom is 0.164 e. The van der Waals surface area contributed by atoms with Crippen molar-refractivity contribution in [2.75, 3.05) is 0 Å². The van der Waals surface area contributed by atoms with Crippen LogP contribution in [0, 0.1) is 0 Å². The van der Waals surface area contributed by atoms with Crippen LogP contribution in [-0.2, 0) is 0 Å². The van der Waals surface area contributed by atoms with Crippen molar-refractivity contribution in [3.05, 3.63) is 176 Å². The quantitative estimate of drug-likeness (QED) is 0.170. The van der Waals surface area contributed by atoms with Crippen LogP contribution in [-0.4, -0.2) is 15.0 Å². The van der Waals surface area contributed by atoms with Gasteiger partial charge in [0.05, 0.1) is 0 Å². The highest BCUT2D eigenvalue weighted by Crippen LogP contribution is 2.44. The molecule has 11 aromatic rings. The van der Waals surface area contributed by atoms with Crippen molar-refractivity contribution in [1.29, 1.82) is 0 Å². The zero-order valence-electron chi connectivity index (χ0n) is 28.5. The molecule has 4 heteroatoms. The summed E-state index contributed by atoms with van der Waals surface area (Å²) in [6.45, 7) is 0. The standard InChI is InChI=1S/C49H29N3O/c1-2-11-32(12-3-1)47-50-48(52-49(51-47)37-25-22-30-10-4-5-13-34(30)27-37)33-23-20-31(21-24-33)35-14-8-15-36(26-35)38-28-42-40-17-7-6-16-39(40)41-18-9-19-43-45(41)46(42)44(29-38)53-43/h1-29H. The summed E-state index contributed by atoms with van der Waals surface area (Å²) in [4.78, 5) is 14.9. The molecule has 53 heavy (non-hydrogen) atoms. The minimum atomic E-state index is 0.638. The maximum absolute atomic E-state index is 6.49. The lowest BCUT2D eigenvalue weighted by Gasteiger charge is -2.11. The van der Waals surface area contributed by atoms with Crippen molar-refractivity contribution >= 4 is 54.3 Å². The van der Waals surface area contributed by atoms with Crippen LogP contribution in [0.5, 0.6) is 0 Å². The molecular weight excluding hydrogens is 647 g/mol. The maximum atomic E-state index is 6.49. The third-order valence-electron chi connectivity index (χ3n) is 10.5. The van der Waals surface area contributed by atoms with Crippen LogP contribution < -0.4 is 0 Å². The molecule has 0 spiro atoms. The summed E-state index contributed by atoms with van der Waals surface area (Å²) in [7, 11) is 0. The normalized spacial score (nSPS) is 11.8. The Balaban J connectivity index is 0.988. The second kappa shape index (κ2) is 11.7. The zero-order valence-corrected chi connectivity index (χ0v) is 28.5. The van der Waals surface area contributed by atoms with Gasteiger partial charge in [0.1, 0.15) is 11.2 Å². The number of benzene rings is 9. The number of fused-ring (bicyclic) bond motifs is 4. The van der Waals surface area contributed by atoms with E-state index in [0.29, 0.717) is 17.5 Å². The second-order valence-corrected chi connectivity index (χ2v) is 13.6. The van der Waals surface area contributed by atoms with Crippen LogP contribution in [0.3, 0.4) is 0 Å². The molecule has 0 saturated carbocycles. The van der Waals surface area contributed by atoms with Gasteiger partial charge in [-0.2, -0.15) is 0 Å². The molecule has 0 bridgehead atoms. The molecule has 11 rings (SSSR count). The zero-order chi connectivity index (χ0) is 34.9. The Bertz CT molecular complexity index is 3160. The first-order valence-corrected chi connectivity index (χ1v) is 17.8. The van der Waals surface area contributed by atoms with E-state index in [1.165, 1.54) is 37.7 Å². The van der Waals surface area contributed by atoms with Gasteiger partial charge in [-0.05, 0) is 84.9 Å². The first kappa shape index (κ1) is 29.5. The van der Waals surface area contributed by atoms with Crippen molar-refractivity contribution in [1.82, 2.24) is 15.0 Å². The third-order valence-corrected chi connectivity index (χ3v) is 10.5. The van der Waals surface area contributed by atoms with E-state index in [1.54, 1.807) is 0 Å². The molecule has 2 heterocycles. The number of hydrogen-bond donors (Lipinski definition) is 0. The summed E-state index contributed by atoms with van der Waals surface area (Å²) in [5.74, 6) is 1.93. The summed E-state index contributed by atoms with van der Waals surface area (Å²) in [5.41, 5.74) is 9.19. The first-order valence-electron chi connectivity index (χ1n) is 17.8. The van der Waals surface area contributed by atoms with Gasteiger partial charge in [0, 0.05) is 27.5 Å². The molecule has 0 amide bonds. The predicted molar refractivity (Wildman–Crippen MR) is 218 cm³/mol. The minimum absolute atomic E-state index is 0.638. The smallest absolute Gasteiger partial charge is 0.164 e. The first-order chi connectivity index (χ1) is 26.2. The van der Waals surface area contributed by atoms with Crippen LogP contribution in [0.2, 0.25) is 0 Å². The van der Waals surface area contributed by atoms with E-state index in [-0.39, 0.29) is 0 Å². The second-order valence-electron chi connectivity index (χ2n) is 13.6. The van der Waals surface area contributed by atoms with Gasteiger partial charge in [0.25, 0.3) is 0 Å². The molecule has 2 aromatic heterocycles. The molecule has 0 saturated heterocycles. The highest BCUT2D eigenvalue weighted by Gasteiger charge is 2.19. The Hall–Kier alpha value is -7.17. The average Bonchev–Trinajstić information content (AvgIpc) is 3.62. The van der Waals surface area contributed by atoms with E-state index >= 15 is 0 Å². The number of nitrogens with zero attached hydrogens (tertiary/aromatic N) is 3.